The predicted octanol–water partition coefficient (Wildman–Crippen LogP) is 4.01. The average Bonchev–Trinajstić information content (AvgIpc) is 3.04. The number of rotatable bonds is 17. The summed E-state index contributed by atoms with van der Waals surface area (Å²) in [5.41, 5.74) is 1.13. The molecule has 49 heavy (non-hydrogen) atoms. The molecule has 2 aromatic carbocycles. The van der Waals surface area contributed by atoms with Gasteiger partial charge in [0, 0.05) is 40.8 Å². The number of aromatic hydroxyl groups is 1. The Hall–Kier alpha value is -4.00. The largest absolute Gasteiger partial charge is 0.508 e. The van der Waals surface area contributed by atoms with Gasteiger partial charge in [-0.05, 0) is 48.6 Å². The molecular formula is C35H43Cl2N3O9. The number of ether oxygens (including phenoxy) is 1. The van der Waals surface area contributed by atoms with Crippen LogP contribution in [-0.4, -0.2) is 70.2 Å². The molecule has 0 radical (unpaired) electrons. The molecule has 1 aliphatic rings. The quantitative estimate of drug-likeness (QED) is 0.161. The molecule has 14 heteroatoms. The standard InChI is InChI=1S/C35H43Cl2N3O9/c1-19(2)32(40-35(48)29(38-20(3)41)15-21-11-13-22(42)14-12-21)33(46)23-7-4-5-8-24(23)34(47)39-28(16-31(44)45)30(43)18-49-17-25-26(36)9-6-10-27(25)37/h6,9-14,19,23-24,28-29,32,42H,4-5,7-8,15-18H2,1-3H3,(H,38,41)(H,39,47)(H,40,48)(H,44,45)/t23?,24?,28-,29-,32-/m0/s1. The van der Waals surface area contributed by atoms with Crippen molar-refractivity contribution in [2.45, 2.75) is 84.0 Å². The molecule has 0 saturated heterocycles. The van der Waals surface area contributed by atoms with Crippen LogP contribution in [0.5, 0.6) is 5.75 Å². The summed E-state index contributed by atoms with van der Waals surface area (Å²) in [5, 5.41) is 27.7. The van der Waals surface area contributed by atoms with Gasteiger partial charge in [-0.3, -0.25) is 28.8 Å². The summed E-state index contributed by atoms with van der Waals surface area (Å²) in [4.78, 5) is 77.8. The number of hydrogen-bond donors (Lipinski definition) is 5. The van der Waals surface area contributed by atoms with Crippen molar-refractivity contribution in [3.63, 3.8) is 0 Å². The van der Waals surface area contributed by atoms with E-state index in [1.54, 1.807) is 44.2 Å². The van der Waals surface area contributed by atoms with Crippen LogP contribution >= 0.6 is 23.2 Å². The summed E-state index contributed by atoms with van der Waals surface area (Å²) in [5.74, 6) is -6.03. The van der Waals surface area contributed by atoms with Gasteiger partial charge in [0.15, 0.2) is 11.6 Å². The lowest BCUT2D eigenvalue weighted by Crippen LogP contribution is -2.56. The maximum absolute atomic E-state index is 14.0. The first-order valence-electron chi connectivity index (χ1n) is 16.1. The van der Waals surface area contributed by atoms with E-state index in [0.717, 1.165) is 0 Å². The third-order valence-electron chi connectivity index (χ3n) is 8.45. The summed E-state index contributed by atoms with van der Waals surface area (Å²) in [7, 11) is 0. The van der Waals surface area contributed by atoms with Crippen LogP contribution in [0.3, 0.4) is 0 Å². The van der Waals surface area contributed by atoms with Crippen molar-refractivity contribution in [1.29, 1.82) is 0 Å². The monoisotopic (exact) mass is 719 g/mol. The van der Waals surface area contributed by atoms with E-state index in [2.05, 4.69) is 16.0 Å². The molecule has 5 atom stereocenters. The van der Waals surface area contributed by atoms with Crippen LogP contribution in [-0.2, 0) is 46.5 Å². The van der Waals surface area contributed by atoms with Crippen molar-refractivity contribution in [2.24, 2.45) is 17.8 Å². The van der Waals surface area contributed by atoms with Gasteiger partial charge in [-0.15, -0.1) is 0 Å². The van der Waals surface area contributed by atoms with E-state index in [4.69, 9.17) is 27.9 Å². The topological polar surface area (TPSA) is 188 Å². The lowest BCUT2D eigenvalue weighted by molar-refractivity contribution is -0.143. The predicted molar refractivity (Wildman–Crippen MR) is 182 cm³/mol. The number of hydrogen-bond acceptors (Lipinski definition) is 8. The van der Waals surface area contributed by atoms with Gasteiger partial charge in [-0.25, -0.2) is 0 Å². The molecule has 5 N–H and O–H groups in total. The lowest BCUT2D eigenvalue weighted by Gasteiger charge is -2.34. The molecule has 266 valence electrons. The molecule has 0 spiro atoms. The second-order valence-electron chi connectivity index (χ2n) is 12.6. The van der Waals surface area contributed by atoms with Crippen LogP contribution in [0.15, 0.2) is 42.5 Å². The number of phenols is 1. The highest BCUT2D eigenvalue weighted by Crippen LogP contribution is 2.33. The summed E-state index contributed by atoms with van der Waals surface area (Å²) in [6, 6.07) is 7.62. The van der Waals surface area contributed by atoms with E-state index in [9.17, 15) is 39.0 Å². The Kier molecular flexibility index (Phi) is 15.0. The maximum atomic E-state index is 14.0. The second-order valence-corrected chi connectivity index (χ2v) is 13.4. The molecule has 3 rings (SSSR count). The van der Waals surface area contributed by atoms with Gasteiger partial charge >= 0.3 is 5.97 Å². The third-order valence-corrected chi connectivity index (χ3v) is 9.15. The fourth-order valence-electron chi connectivity index (χ4n) is 5.88. The number of carboxylic acid groups (broad SMARTS) is 1. The van der Waals surface area contributed by atoms with Gasteiger partial charge in [0.25, 0.3) is 0 Å². The number of carbonyl (C=O) groups is 6. The molecular weight excluding hydrogens is 677 g/mol. The summed E-state index contributed by atoms with van der Waals surface area (Å²) >= 11 is 12.3. The first-order chi connectivity index (χ1) is 23.2. The highest BCUT2D eigenvalue weighted by molar-refractivity contribution is 6.35. The third kappa shape index (κ3) is 11.8. The van der Waals surface area contributed by atoms with E-state index in [1.165, 1.54) is 19.1 Å². The van der Waals surface area contributed by atoms with Crippen molar-refractivity contribution >= 4 is 58.5 Å². The fourth-order valence-corrected chi connectivity index (χ4v) is 6.39. The van der Waals surface area contributed by atoms with Crippen molar-refractivity contribution in [2.75, 3.05) is 6.61 Å². The first-order valence-corrected chi connectivity index (χ1v) is 16.9. The zero-order valence-electron chi connectivity index (χ0n) is 27.7. The average molecular weight is 721 g/mol. The van der Waals surface area contributed by atoms with Gasteiger partial charge in [0.05, 0.1) is 19.1 Å². The number of ketones is 2. The highest BCUT2D eigenvalue weighted by Gasteiger charge is 2.41. The number of halogens is 2. The van der Waals surface area contributed by atoms with Crippen molar-refractivity contribution in [3.05, 3.63) is 63.6 Å². The van der Waals surface area contributed by atoms with Crippen LogP contribution < -0.4 is 16.0 Å². The van der Waals surface area contributed by atoms with Gasteiger partial charge in [0.1, 0.15) is 24.4 Å². The number of phenolic OH excluding ortho intramolecular Hbond substituents is 1. The fraction of sp³-hybridized carbons (Fsp3) is 0.486. The van der Waals surface area contributed by atoms with Crippen molar-refractivity contribution in [1.82, 2.24) is 16.0 Å². The molecule has 0 heterocycles. The number of benzene rings is 2. The SMILES string of the molecule is CC(=O)N[C@@H](Cc1ccc(O)cc1)C(=O)N[C@H](C(=O)C1CCCCC1C(=O)N[C@@H](CC(=O)O)C(=O)COCc1c(Cl)cccc1Cl)C(C)C. The molecule has 1 fully saturated rings. The molecule has 12 nitrogen and oxygen atoms in total. The van der Waals surface area contributed by atoms with Crippen LogP contribution in [0.4, 0.5) is 0 Å². The number of nitrogens with one attached hydrogen (secondary N) is 3. The van der Waals surface area contributed by atoms with Gasteiger partial charge in [-0.2, -0.15) is 0 Å². The molecule has 0 aliphatic heterocycles. The van der Waals surface area contributed by atoms with E-state index >= 15 is 0 Å². The van der Waals surface area contributed by atoms with Crippen LogP contribution in [0.25, 0.3) is 0 Å². The van der Waals surface area contributed by atoms with Crippen molar-refractivity contribution in [3.8, 4) is 5.75 Å². The number of Topliss-reactive ketones (excluding diaryl/α,β-unsaturated/α-hetero) is 2. The summed E-state index contributed by atoms with van der Waals surface area (Å²) < 4.78 is 5.48. The number of carboxylic acids is 1. The maximum Gasteiger partial charge on any atom is 0.305 e. The normalized spacial score (nSPS) is 17.8. The molecule has 0 bridgehead atoms. The molecule has 3 amide bonds. The Morgan fingerprint density at radius 2 is 1.49 bits per heavy atom. The Balaban J connectivity index is 1.72. The van der Waals surface area contributed by atoms with Crippen LogP contribution in [0.1, 0.15) is 64.0 Å². The molecule has 0 aromatic heterocycles. The van der Waals surface area contributed by atoms with E-state index in [1.807, 2.05) is 0 Å². The highest BCUT2D eigenvalue weighted by atomic mass is 35.5. The van der Waals surface area contributed by atoms with E-state index < -0.39 is 72.5 Å². The van der Waals surface area contributed by atoms with Crippen molar-refractivity contribution < 1.29 is 43.7 Å². The molecule has 1 aliphatic carbocycles. The van der Waals surface area contributed by atoms with Crippen LogP contribution in [0, 0.1) is 17.8 Å². The van der Waals surface area contributed by atoms with Gasteiger partial charge in [-0.1, -0.05) is 68.1 Å². The zero-order valence-corrected chi connectivity index (χ0v) is 29.2. The minimum Gasteiger partial charge on any atom is -0.508 e. The molecule has 2 unspecified atom stereocenters. The smallest absolute Gasteiger partial charge is 0.305 e. The number of amides is 3. The minimum atomic E-state index is -1.41. The lowest BCUT2D eigenvalue weighted by atomic mass is 9.73. The van der Waals surface area contributed by atoms with Crippen LogP contribution in [0.2, 0.25) is 10.0 Å². The number of carbonyl (C=O) groups excluding carboxylic acids is 5. The minimum absolute atomic E-state index is 0.0478. The Bertz CT molecular complexity index is 1500. The summed E-state index contributed by atoms with van der Waals surface area (Å²) in [6.07, 6.45) is 1.39. The summed E-state index contributed by atoms with van der Waals surface area (Å²) in [6.45, 7) is 4.15. The molecule has 1 saturated carbocycles. The first kappa shape index (κ1) is 39.4. The van der Waals surface area contributed by atoms with Gasteiger partial charge in [0.2, 0.25) is 17.7 Å². The Morgan fingerprint density at radius 1 is 0.878 bits per heavy atom. The van der Waals surface area contributed by atoms with Gasteiger partial charge < -0.3 is 30.9 Å². The zero-order chi connectivity index (χ0) is 36.2. The van der Waals surface area contributed by atoms with E-state index in [0.29, 0.717) is 46.9 Å². The van der Waals surface area contributed by atoms with E-state index in [-0.39, 0.29) is 30.5 Å². The number of aliphatic carboxylic acids is 1. The molecule has 2 aromatic rings. The Morgan fingerprint density at radius 3 is 2.06 bits per heavy atom. The second kappa shape index (κ2) is 18.7. The Labute approximate surface area is 295 Å².